The molecule has 0 radical (unpaired) electrons. The van der Waals surface area contributed by atoms with E-state index in [0.717, 1.165) is 9.54 Å². The largest absolute Gasteiger partial charge is 0.388 e. The van der Waals surface area contributed by atoms with E-state index in [9.17, 15) is 8.42 Å². The van der Waals surface area contributed by atoms with Crippen molar-refractivity contribution < 1.29 is 13.5 Å². The van der Waals surface area contributed by atoms with Crippen molar-refractivity contribution in [1.29, 1.82) is 0 Å². The van der Waals surface area contributed by atoms with Crippen molar-refractivity contribution in [2.24, 2.45) is 0 Å². The molecular weight excluding hydrogens is 240 g/mol. The lowest BCUT2D eigenvalue weighted by atomic mass is 10.2. The van der Waals surface area contributed by atoms with Crippen LogP contribution in [0.15, 0.2) is 41.6 Å². The van der Waals surface area contributed by atoms with Gasteiger partial charge >= 0.3 is 0 Å². The van der Waals surface area contributed by atoms with E-state index < -0.39 is 16.6 Å². The molecule has 1 heterocycles. The molecule has 0 bridgehead atoms. The second-order valence-corrected chi connectivity index (χ2v) is 5.43. The van der Waals surface area contributed by atoms with Gasteiger partial charge in [0.25, 0.3) is 10.0 Å². The first-order valence-electron chi connectivity index (χ1n) is 5.01. The Bertz CT molecular complexity index is 614. The number of benzene rings is 1. The van der Waals surface area contributed by atoms with Gasteiger partial charge in [0, 0.05) is 12.4 Å². The van der Waals surface area contributed by atoms with E-state index in [2.05, 4.69) is 4.98 Å². The van der Waals surface area contributed by atoms with Crippen LogP contribution in [-0.2, 0) is 16.6 Å². The summed E-state index contributed by atoms with van der Waals surface area (Å²) >= 11 is 0. The number of hydrogen-bond acceptors (Lipinski definition) is 4. The molecule has 1 aromatic carbocycles. The monoisotopic (exact) mass is 252 g/mol. The molecule has 17 heavy (non-hydrogen) atoms. The van der Waals surface area contributed by atoms with E-state index in [4.69, 9.17) is 5.11 Å². The zero-order chi connectivity index (χ0) is 12.5. The summed E-state index contributed by atoms with van der Waals surface area (Å²) in [5.41, 5.74) is 0.983. The first-order chi connectivity index (χ1) is 8.05. The predicted octanol–water partition coefficient (Wildman–Crippen LogP) is 0.921. The van der Waals surface area contributed by atoms with Gasteiger partial charge in [-0.3, -0.25) is 0 Å². The zero-order valence-corrected chi connectivity index (χ0v) is 10.1. The van der Waals surface area contributed by atoms with Crippen molar-refractivity contribution in [2.75, 3.05) is 0 Å². The summed E-state index contributed by atoms with van der Waals surface area (Å²) in [6, 6.07) is 6.52. The molecule has 0 aliphatic heterocycles. The number of aliphatic hydroxyl groups excluding tert-OH is 1. The van der Waals surface area contributed by atoms with E-state index in [1.165, 1.54) is 24.5 Å². The van der Waals surface area contributed by atoms with E-state index in [1.54, 1.807) is 12.1 Å². The van der Waals surface area contributed by atoms with Crippen molar-refractivity contribution >= 4 is 10.0 Å². The Hall–Kier alpha value is -1.66. The summed E-state index contributed by atoms with van der Waals surface area (Å²) in [5, 5.41) is 9.01. The number of nitrogens with zero attached hydrogens (tertiary/aromatic N) is 2. The molecule has 90 valence electrons. The highest BCUT2D eigenvalue weighted by atomic mass is 32.2. The summed E-state index contributed by atoms with van der Waals surface area (Å²) < 4.78 is 25.4. The molecule has 0 fully saturated rings. The third kappa shape index (κ3) is 2.09. The number of imidazole rings is 1. The minimum Gasteiger partial charge on any atom is -0.388 e. The van der Waals surface area contributed by atoms with Crippen LogP contribution < -0.4 is 0 Å². The van der Waals surface area contributed by atoms with Crippen LogP contribution in [0.3, 0.4) is 0 Å². The zero-order valence-electron chi connectivity index (χ0n) is 9.24. The summed E-state index contributed by atoms with van der Waals surface area (Å²) in [6.07, 6.45) is 2.66. The molecule has 5 nitrogen and oxygen atoms in total. The topological polar surface area (TPSA) is 72.2 Å². The molecule has 0 saturated heterocycles. The van der Waals surface area contributed by atoms with Gasteiger partial charge in [-0.25, -0.2) is 17.4 Å². The number of rotatable bonds is 3. The minimum atomic E-state index is -3.66. The fourth-order valence-electron chi connectivity index (χ4n) is 1.48. The van der Waals surface area contributed by atoms with Crippen LogP contribution in [0.25, 0.3) is 0 Å². The Morgan fingerprint density at radius 3 is 2.53 bits per heavy atom. The number of aromatic nitrogens is 2. The third-order valence-corrected chi connectivity index (χ3v) is 4.12. The molecule has 1 aromatic heterocycles. The van der Waals surface area contributed by atoms with Crippen LogP contribution in [-0.4, -0.2) is 22.5 Å². The van der Waals surface area contributed by atoms with Crippen molar-refractivity contribution in [3.63, 3.8) is 0 Å². The average molecular weight is 252 g/mol. The van der Waals surface area contributed by atoms with Crippen LogP contribution in [0.2, 0.25) is 0 Å². The Balaban J connectivity index is 2.54. The second-order valence-electron chi connectivity index (χ2n) is 3.62. The molecule has 0 unspecified atom stereocenters. The third-order valence-electron chi connectivity index (χ3n) is 2.40. The summed E-state index contributed by atoms with van der Waals surface area (Å²) in [6.45, 7) is 1.46. The average Bonchev–Trinajstić information content (AvgIpc) is 2.78. The fourth-order valence-corrected chi connectivity index (χ4v) is 2.78. The van der Waals surface area contributed by atoms with Gasteiger partial charge in [-0.05, 0) is 19.1 Å². The lowest BCUT2D eigenvalue weighted by molar-refractivity contribution is 0.270. The van der Waals surface area contributed by atoms with Gasteiger partial charge in [-0.15, -0.1) is 0 Å². The molecule has 0 saturated carbocycles. The van der Waals surface area contributed by atoms with E-state index in [0.29, 0.717) is 0 Å². The fraction of sp³-hybridized carbons (Fsp3) is 0.182. The molecule has 1 N–H and O–H groups in total. The Kier molecular flexibility index (Phi) is 2.99. The number of aryl methyl sites for hydroxylation is 1. The van der Waals surface area contributed by atoms with Crippen molar-refractivity contribution in [2.45, 2.75) is 18.4 Å². The van der Waals surface area contributed by atoms with E-state index >= 15 is 0 Å². The Morgan fingerprint density at radius 1 is 1.29 bits per heavy atom. The van der Waals surface area contributed by atoms with Gasteiger partial charge < -0.3 is 5.11 Å². The molecule has 2 rings (SSSR count). The first kappa shape index (κ1) is 11.8. The van der Waals surface area contributed by atoms with Gasteiger partial charge in [0.2, 0.25) is 0 Å². The summed E-state index contributed by atoms with van der Waals surface area (Å²) in [4.78, 5) is 3.95. The minimum absolute atomic E-state index is 0.102. The van der Waals surface area contributed by atoms with Crippen LogP contribution in [0.5, 0.6) is 0 Å². The molecule has 0 spiro atoms. The maximum Gasteiger partial charge on any atom is 0.269 e. The van der Waals surface area contributed by atoms with Crippen LogP contribution >= 0.6 is 0 Å². The summed E-state index contributed by atoms with van der Waals surface area (Å²) in [7, 11) is -3.66. The second kappa shape index (κ2) is 4.31. The molecule has 6 heteroatoms. The summed E-state index contributed by atoms with van der Waals surface area (Å²) in [5.74, 6) is 0.102. The molecule has 2 aromatic rings. The molecule has 0 atom stereocenters. The lowest BCUT2D eigenvalue weighted by Gasteiger charge is -2.07. The van der Waals surface area contributed by atoms with Gasteiger partial charge in [0.05, 0.1) is 4.90 Å². The number of hydrogen-bond donors (Lipinski definition) is 1. The highest BCUT2D eigenvalue weighted by molar-refractivity contribution is 7.90. The van der Waals surface area contributed by atoms with Crippen molar-refractivity contribution in [3.05, 3.63) is 48.0 Å². The highest BCUT2D eigenvalue weighted by Crippen LogP contribution is 2.15. The maximum absolute atomic E-state index is 12.2. The van der Waals surface area contributed by atoms with Crippen LogP contribution in [0, 0.1) is 6.92 Å². The van der Waals surface area contributed by atoms with Crippen LogP contribution in [0.4, 0.5) is 0 Å². The molecule has 0 aliphatic rings. The lowest BCUT2D eigenvalue weighted by Crippen LogP contribution is -2.15. The van der Waals surface area contributed by atoms with Crippen molar-refractivity contribution in [1.82, 2.24) is 8.96 Å². The van der Waals surface area contributed by atoms with Gasteiger partial charge in [-0.1, -0.05) is 17.7 Å². The Morgan fingerprint density at radius 2 is 1.94 bits per heavy atom. The van der Waals surface area contributed by atoms with Crippen molar-refractivity contribution in [3.8, 4) is 0 Å². The SMILES string of the molecule is Cc1ccc(S(=O)(=O)n2ccnc2CO)cc1. The number of aliphatic hydroxyl groups is 1. The smallest absolute Gasteiger partial charge is 0.269 e. The first-order valence-corrected chi connectivity index (χ1v) is 6.45. The normalized spacial score (nSPS) is 11.6. The maximum atomic E-state index is 12.2. The van der Waals surface area contributed by atoms with E-state index in [-0.39, 0.29) is 10.7 Å². The molecule has 0 amide bonds. The standard InChI is InChI=1S/C11H12N2O3S/c1-9-2-4-10(5-3-9)17(15,16)13-7-6-12-11(13)8-14/h2-7,14H,8H2,1H3. The predicted molar refractivity (Wildman–Crippen MR) is 61.9 cm³/mol. The molecule has 0 aliphatic carbocycles. The van der Waals surface area contributed by atoms with E-state index in [1.807, 2.05) is 6.92 Å². The Labute approximate surface area is 99.4 Å². The van der Waals surface area contributed by atoms with Gasteiger partial charge in [0.1, 0.15) is 12.4 Å². The van der Waals surface area contributed by atoms with Gasteiger partial charge in [-0.2, -0.15) is 0 Å². The van der Waals surface area contributed by atoms with Gasteiger partial charge in [0.15, 0.2) is 0 Å². The highest BCUT2D eigenvalue weighted by Gasteiger charge is 2.19. The molecular formula is C11H12N2O3S. The quantitative estimate of drug-likeness (QED) is 0.881. The van der Waals surface area contributed by atoms with Crippen LogP contribution in [0.1, 0.15) is 11.4 Å².